The number of carbonyl (C=O) groups is 2. The second-order valence-corrected chi connectivity index (χ2v) is 2.47. The summed E-state index contributed by atoms with van der Waals surface area (Å²) in [6, 6.07) is 0. The predicted octanol–water partition coefficient (Wildman–Crippen LogP) is 0.964. The number of nitrogens with zero attached hydrogens (tertiary/aromatic N) is 2. The monoisotopic (exact) mass is 184 g/mol. The van der Waals surface area contributed by atoms with Gasteiger partial charge in [-0.25, -0.2) is 4.79 Å². The molecule has 5 heteroatoms. The van der Waals surface area contributed by atoms with Gasteiger partial charge in [-0.2, -0.15) is 5.26 Å². The maximum absolute atomic E-state index is 11.1. The van der Waals surface area contributed by atoms with Crippen LogP contribution in [-0.4, -0.2) is 16.9 Å². The maximum Gasteiger partial charge on any atom is 0.331 e. The zero-order valence-electron chi connectivity index (χ0n) is 7.74. The van der Waals surface area contributed by atoms with Gasteiger partial charge in [-0.05, 0) is 6.42 Å². The van der Waals surface area contributed by atoms with E-state index in [2.05, 4.69) is 4.84 Å². The van der Waals surface area contributed by atoms with Crippen LogP contribution in [0.2, 0.25) is 0 Å². The van der Waals surface area contributed by atoms with Crippen LogP contribution in [0, 0.1) is 11.5 Å². The third-order valence-electron chi connectivity index (χ3n) is 1.28. The number of carbonyl (C=O) groups excluding carboxylic acids is 2. The summed E-state index contributed by atoms with van der Waals surface area (Å²) in [5.41, 5.74) is 0. The van der Waals surface area contributed by atoms with Crippen molar-refractivity contribution in [3.05, 3.63) is 0 Å². The fraction of sp³-hybridized carbons (Fsp3) is 0.625. The molecule has 0 fully saturated rings. The van der Waals surface area contributed by atoms with Crippen LogP contribution in [0.1, 0.15) is 33.1 Å². The van der Waals surface area contributed by atoms with Crippen molar-refractivity contribution in [1.29, 1.82) is 5.26 Å². The molecule has 72 valence electrons. The van der Waals surface area contributed by atoms with E-state index in [9.17, 15) is 9.59 Å². The standard InChI is InChI=1S/C8H12N2O3/c1-3-4-5-8(12)10(6-9)13-7(2)11/h3-5H2,1-2H3. The van der Waals surface area contributed by atoms with E-state index in [0.29, 0.717) is 11.5 Å². The highest BCUT2D eigenvalue weighted by Gasteiger charge is 2.15. The van der Waals surface area contributed by atoms with Crippen LogP contribution in [0.3, 0.4) is 0 Å². The third kappa shape index (κ3) is 4.80. The molecule has 13 heavy (non-hydrogen) atoms. The summed E-state index contributed by atoms with van der Waals surface area (Å²) in [5.74, 6) is -1.16. The van der Waals surface area contributed by atoms with Gasteiger partial charge in [0.15, 0.2) is 0 Å². The molecular weight excluding hydrogens is 172 g/mol. The summed E-state index contributed by atoms with van der Waals surface area (Å²) in [7, 11) is 0. The number of hydroxylamine groups is 2. The van der Waals surface area contributed by atoms with E-state index in [1.54, 1.807) is 0 Å². The molecule has 0 heterocycles. The topological polar surface area (TPSA) is 70.4 Å². The molecule has 0 N–H and O–H groups in total. The van der Waals surface area contributed by atoms with E-state index in [-0.39, 0.29) is 6.42 Å². The molecule has 0 radical (unpaired) electrons. The molecule has 0 aromatic carbocycles. The van der Waals surface area contributed by atoms with E-state index >= 15 is 0 Å². The lowest BCUT2D eigenvalue weighted by molar-refractivity contribution is -0.183. The van der Waals surface area contributed by atoms with Crippen LogP contribution in [0.4, 0.5) is 0 Å². The number of amides is 1. The summed E-state index contributed by atoms with van der Waals surface area (Å²) in [6.07, 6.45) is 3.23. The minimum atomic E-state index is -0.675. The quantitative estimate of drug-likeness (QED) is 0.372. The molecule has 1 amide bonds. The van der Waals surface area contributed by atoms with Crippen molar-refractivity contribution in [2.45, 2.75) is 33.1 Å². The van der Waals surface area contributed by atoms with Gasteiger partial charge in [-0.15, -0.1) is 0 Å². The fourth-order valence-corrected chi connectivity index (χ4v) is 0.685. The summed E-state index contributed by atoms with van der Waals surface area (Å²) in [5, 5.41) is 8.84. The highest BCUT2D eigenvalue weighted by atomic mass is 16.7. The second kappa shape index (κ2) is 6.00. The first-order chi connectivity index (χ1) is 6.11. The van der Waals surface area contributed by atoms with Crippen molar-refractivity contribution in [3.63, 3.8) is 0 Å². The Morgan fingerprint density at radius 3 is 2.54 bits per heavy atom. The summed E-state index contributed by atoms with van der Waals surface area (Å²) < 4.78 is 0. The Kier molecular flexibility index (Phi) is 5.28. The van der Waals surface area contributed by atoms with Crippen LogP contribution in [0.5, 0.6) is 0 Å². The molecule has 0 aliphatic heterocycles. The normalized spacial score (nSPS) is 8.69. The van der Waals surface area contributed by atoms with Gasteiger partial charge in [0.2, 0.25) is 6.19 Å². The summed E-state index contributed by atoms with van der Waals surface area (Å²) in [4.78, 5) is 25.9. The van der Waals surface area contributed by atoms with Gasteiger partial charge in [0.25, 0.3) is 5.91 Å². The summed E-state index contributed by atoms with van der Waals surface area (Å²) in [6.45, 7) is 3.06. The smallest absolute Gasteiger partial charge is 0.324 e. The molecule has 0 rings (SSSR count). The van der Waals surface area contributed by atoms with E-state index < -0.39 is 11.9 Å². The van der Waals surface area contributed by atoms with Crippen molar-refractivity contribution >= 4 is 11.9 Å². The molecule has 0 aromatic rings. The van der Waals surface area contributed by atoms with Gasteiger partial charge in [-0.3, -0.25) is 4.79 Å². The lowest BCUT2D eigenvalue weighted by Gasteiger charge is -2.10. The third-order valence-corrected chi connectivity index (χ3v) is 1.28. The van der Waals surface area contributed by atoms with Gasteiger partial charge in [0.1, 0.15) is 0 Å². The molecule has 0 saturated heterocycles. The number of hydrogen-bond donors (Lipinski definition) is 0. The first kappa shape index (κ1) is 11.4. The lowest BCUT2D eigenvalue weighted by Crippen LogP contribution is -2.28. The molecule has 0 spiro atoms. The van der Waals surface area contributed by atoms with Crippen LogP contribution >= 0.6 is 0 Å². The maximum atomic E-state index is 11.1. The molecule has 0 saturated carbocycles. The van der Waals surface area contributed by atoms with E-state index in [0.717, 1.165) is 13.3 Å². The highest BCUT2D eigenvalue weighted by molar-refractivity contribution is 5.78. The first-order valence-corrected chi connectivity index (χ1v) is 4.03. The molecule has 0 bridgehead atoms. The minimum absolute atomic E-state index is 0.220. The van der Waals surface area contributed by atoms with E-state index in [4.69, 9.17) is 5.26 Å². The molecular formula is C8H12N2O3. The Bertz CT molecular complexity index is 232. The predicted molar refractivity (Wildman–Crippen MR) is 43.8 cm³/mol. The van der Waals surface area contributed by atoms with Crippen LogP contribution in [0.25, 0.3) is 0 Å². The largest absolute Gasteiger partial charge is 0.331 e. The van der Waals surface area contributed by atoms with Gasteiger partial charge >= 0.3 is 5.97 Å². The van der Waals surface area contributed by atoms with Crippen molar-refractivity contribution in [1.82, 2.24) is 5.06 Å². The Balaban J connectivity index is 4.02. The van der Waals surface area contributed by atoms with Crippen LogP contribution in [0.15, 0.2) is 0 Å². The Morgan fingerprint density at radius 1 is 1.54 bits per heavy atom. The average molecular weight is 184 g/mol. The Labute approximate surface area is 76.8 Å². The number of rotatable bonds is 3. The Morgan fingerprint density at radius 2 is 2.15 bits per heavy atom. The molecule has 0 aliphatic carbocycles. The first-order valence-electron chi connectivity index (χ1n) is 4.03. The van der Waals surface area contributed by atoms with Crippen molar-refractivity contribution < 1.29 is 14.4 Å². The summed E-state index contributed by atoms with van der Waals surface area (Å²) >= 11 is 0. The van der Waals surface area contributed by atoms with E-state index in [1.165, 1.54) is 6.19 Å². The van der Waals surface area contributed by atoms with Crippen LogP contribution in [-0.2, 0) is 14.4 Å². The SMILES string of the molecule is CCCCC(=O)N(C#N)OC(C)=O. The van der Waals surface area contributed by atoms with Crippen molar-refractivity contribution in [3.8, 4) is 6.19 Å². The van der Waals surface area contributed by atoms with Gasteiger partial charge in [-0.1, -0.05) is 18.4 Å². The van der Waals surface area contributed by atoms with Crippen molar-refractivity contribution in [2.75, 3.05) is 0 Å². The minimum Gasteiger partial charge on any atom is -0.324 e. The van der Waals surface area contributed by atoms with Crippen molar-refractivity contribution in [2.24, 2.45) is 0 Å². The molecule has 5 nitrogen and oxygen atoms in total. The van der Waals surface area contributed by atoms with Crippen LogP contribution < -0.4 is 0 Å². The van der Waals surface area contributed by atoms with Gasteiger partial charge in [0, 0.05) is 13.3 Å². The zero-order valence-corrected chi connectivity index (χ0v) is 7.74. The number of hydrogen-bond acceptors (Lipinski definition) is 4. The van der Waals surface area contributed by atoms with Gasteiger partial charge < -0.3 is 4.84 Å². The molecule has 0 aromatic heterocycles. The number of nitriles is 1. The van der Waals surface area contributed by atoms with E-state index in [1.807, 2.05) is 6.92 Å². The fourth-order valence-electron chi connectivity index (χ4n) is 0.685. The highest BCUT2D eigenvalue weighted by Crippen LogP contribution is 2.00. The van der Waals surface area contributed by atoms with Gasteiger partial charge in [0.05, 0.1) is 0 Å². The Hall–Kier alpha value is -1.57. The number of unbranched alkanes of at least 4 members (excludes halogenated alkanes) is 1. The lowest BCUT2D eigenvalue weighted by atomic mass is 10.2. The molecule has 0 atom stereocenters. The zero-order chi connectivity index (χ0) is 10.3. The second-order valence-electron chi connectivity index (χ2n) is 2.47. The average Bonchev–Trinajstić information content (AvgIpc) is 2.09. The molecule has 0 aliphatic rings. The molecule has 0 unspecified atom stereocenters.